The topological polar surface area (TPSA) is 57.8 Å². The van der Waals surface area contributed by atoms with E-state index in [1.165, 1.54) is 0 Å². The number of hydrogen-bond acceptors (Lipinski definition) is 4. The van der Waals surface area contributed by atoms with Crippen LogP contribution in [0.25, 0.3) is 0 Å². The highest BCUT2D eigenvalue weighted by molar-refractivity contribution is 14.0. The SMILES string of the molecule is C=CCN=C(N)N1CCN(c2nccs2)CC1.I. The Morgan fingerprint density at radius 1 is 1.50 bits per heavy atom. The fraction of sp³-hybridized carbons (Fsp3) is 0.455. The molecular weight excluding hydrogens is 361 g/mol. The van der Waals surface area contributed by atoms with Crippen LogP contribution in [-0.4, -0.2) is 48.6 Å². The number of hydrogen-bond donors (Lipinski definition) is 1. The van der Waals surface area contributed by atoms with Crippen LogP contribution in [0.1, 0.15) is 0 Å². The van der Waals surface area contributed by atoms with E-state index in [1.54, 1.807) is 17.4 Å². The highest BCUT2D eigenvalue weighted by atomic mass is 127. The molecule has 0 radical (unpaired) electrons. The van der Waals surface area contributed by atoms with Gasteiger partial charge in [-0.05, 0) is 0 Å². The third-order valence-electron chi connectivity index (χ3n) is 2.68. The first-order valence-electron chi connectivity index (χ1n) is 5.61. The molecular formula is C11H18IN5S. The summed E-state index contributed by atoms with van der Waals surface area (Å²) in [5.74, 6) is 0.615. The van der Waals surface area contributed by atoms with Gasteiger partial charge in [-0.25, -0.2) is 9.98 Å². The number of aromatic nitrogens is 1. The first-order chi connectivity index (χ1) is 8.31. The van der Waals surface area contributed by atoms with Crippen LogP contribution in [0.2, 0.25) is 0 Å². The number of piperazine rings is 1. The molecule has 1 aromatic heterocycles. The first-order valence-corrected chi connectivity index (χ1v) is 6.49. The first kappa shape index (κ1) is 15.2. The van der Waals surface area contributed by atoms with E-state index in [9.17, 15) is 0 Å². The molecule has 2 heterocycles. The zero-order valence-electron chi connectivity index (χ0n) is 10.2. The van der Waals surface area contributed by atoms with E-state index in [0.29, 0.717) is 12.5 Å². The Morgan fingerprint density at radius 2 is 2.22 bits per heavy atom. The van der Waals surface area contributed by atoms with Gasteiger partial charge in [0.1, 0.15) is 0 Å². The Bertz CT molecular complexity index is 384. The van der Waals surface area contributed by atoms with E-state index in [4.69, 9.17) is 5.73 Å². The molecule has 7 heteroatoms. The predicted molar refractivity (Wildman–Crippen MR) is 88.0 cm³/mol. The van der Waals surface area contributed by atoms with Gasteiger partial charge in [0.2, 0.25) is 0 Å². The third kappa shape index (κ3) is 3.84. The number of thiazole rings is 1. The molecule has 2 N–H and O–H groups in total. The molecule has 2 rings (SSSR count). The lowest BCUT2D eigenvalue weighted by Gasteiger charge is -2.35. The Morgan fingerprint density at radius 3 is 2.78 bits per heavy atom. The van der Waals surface area contributed by atoms with Crippen molar-refractivity contribution in [3.05, 3.63) is 24.2 Å². The number of rotatable bonds is 3. The molecule has 0 saturated carbocycles. The van der Waals surface area contributed by atoms with Crippen LogP contribution in [0, 0.1) is 0 Å². The zero-order chi connectivity index (χ0) is 12.1. The van der Waals surface area contributed by atoms with Gasteiger partial charge >= 0.3 is 0 Å². The average Bonchev–Trinajstić information content (AvgIpc) is 2.90. The Labute approximate surface area is 128 Å². The Hall–Kier alpha value is -0.830. The molecule has 0 aliphatic carbocycles. The number of anilines is 1. The highest BCUT2D eigenvalue weighted by Crippen LogP contribution is 2.18. The van der Waals surface area contributed by atoms with Gasteiger partial charge in [0.25, 0.3) is 0 Å². The summed E-state index contributed by atoms with van der Waals surface area (Å²) in [6, 6.07) is 0. The lowest BCUT2D eigenvalue weighted by atomic mass is 10.3. The molecule has 0 bridgehead atoms. The van der Waals surface area contributed by atoms with Gasteiger partial charge in [0, 0.05) is 37.8 Å². The summed E-state index contributed by atoms with van der Waals surface area (Å²) in [6.07, 6.45) is 3.59. The fourth-order valence-electron chi connectivity index (χ4n) is 1.76. The molecule has 1 fully saturated rings. The maximum Gasteiger partial charge on any atom is 0.191 e. The average molecular weight is 379 g/mol. The van der Waals surface area contributed by atoms with Crippen LogP contribution in [-0.2, 0) is 0 Å². The summed E-state index contributed by atoms with van der Waals surface area (Å²) < 4.78 is 0. The lowest BCUT2D eigenvalue weighted by molar-refractivity contribution is 0.381. The molecule has 0 atom stereocenters. The molecule has 0 unspecified atom stereocenters. The molecule has 5 nitrogen and oxygen atoms in total. The molecule has 0 spiro atoms. The van der Waals surface area contributed by atoms with E-state index < -0.39 is 0 Å². The van der Waals surface area contributed by atoms with Gasteiger partial charge in [0.15, 0.2) is 11.1 Å². The molecule has 1 aliphatic heterocycles. The van der Waals surface area contributed by atoms with Crippen molar-refractivity contribution in [1.82, 2.24) is 9.88 Å². The quantitative estimate of drug-likeness (QED) is 0.373. The Kier molecular flexibility index (Phi) is 6.41. The van der Waals surface area contributed by atoms with Crippen LogP contribution >= 0.6 is 35.3 Å². The summed E-state index contributed by atoms with van der Waals surface area (Å²) in [5, 5.41) is 3.09. The monoisotopic (exact) mass is 379 g/mol. The standard InChI is InChI=1S/C11H17N5S.HI/c1-2-3-13-10(12)15-5-7-16(8-6-15)11-14-4-9-17-11;/h2,4,9H,1,3,5-8H2,(H2,12,13);1H. The zero-order valence-corrected chi connectivity index (χ0v) is 13.3. The molecule has 0 amide bonds. The van der Waals surface area contributed by atoms with Crippen molar-refractivity contribution in [2.45, 2.75) is 0 Å². The van der Waals surface area contributed by atoms with Crippen molar-refractivity contribution in [3.63, 3.8) is 0 Å². The summed E-state index contributed by atoms with van der Waals surface area (Å²) in [5.41, 5.74) is 5.90. The van der Waals surface area contributed by atoms with Gasteiger partial charge in [0.05, 0.1) is 6.54 Å². The van der Waals surface area contributed by atoms with Crippen LogP contribution in [0.5, 0.6) is 0 Å². The van der Waals surface area contributed by atoms with Gasteiger partial charge in [-0.1, -0.05) is 6.08 Å². The minimum atomic E-state index is 0. The Balaban J connectivity index is 0.00000162. The molecule has 0 aromatic carbocycles. The smallest absolute Gasteiger partial charge is 0.191 e. The fourth-order valence-corrected chi connectivity index (χ4v) is 2.45. The number of nitrogens with two attached hydrogens (primary N) is 1. The second-order valence-corrected chi connectivity index (χ2v) is 4.65. The van der Waals surface area contributed by atoms with E-state index >= 15 is 0 Å². The van der Waals surface area contributed by atoms with Gasteiger partial charge in [-0.2, -0.15) is 0 Å². The van der Waals surface area contributed by atoms with Crippen LogP contribution in [0.15, 0.2) is 29.2 Å². The van der Waals surface area contributed by atoms with Crippen LogP contribution in [0.3, 0.4) is 0 Å². The number of aliphatic imine (C=N–C) groups is 1. The van der Waals surface area contributed by atoms with E-state index in [-0.39, 0.29) is 24.0 Å². The third-order valence-corrected chi connectivity index (χ3v) is 3.51. The van der Waals surface area contributed by atoms with Crippen LogP contribution < -0.4 is 10.6 Å². The summed E-state index contributed by atoms with van der Waals surface area (Å²) >= 11 is 1.67. The van der Waals surface area contributed by atoms with Crippen molar-refractivity contribution >= 4 is 46.4 Å². The minimum Gasteiger partial charge on any atom is -0.370 e. The second kappa shape index (κ2) is 7.57. The van der Waals surface area contributed by atoms with Gasteiger partial charge in [-0.3, -0.25) is 0 Å². The van der Waals surface area contributed by atoms with Crippen LogP contribution in [0.4, 0.5) is 5.13 Å². The molecule has 1 aliphatic rings. The number of halogens is 1. The molecule has 1 saturated heterocycles. The summed E-state index contributed by atoms with van der Waals surface area (Å²) in [6.45, 7) is 7.88. The predicted octanol–water partition coefficient (Wildman–Crippen LogP) is 1.38. The van der Waals surface area contributed by atoms with E-state index in [1.807, 2.05) is 11.6 Å². The highest BCUT2D eigenvalue weighted by Gasteiger charge is 2.19. The minimum absolute atomic E-state index is 0. The number of nitrogens with zero attached hydrogens (tertiary/aromatic N) is 4. The van der Waals surface area contributed by atoms with E-state index in [2.05, 4.69) is 26.4 Å². The lowest BCUT2D eigenvalue weighted by Crippen LogP contribution is -2.51. The van der Waals surface area contributed by atoms with Gasteiger partial charge < -0.3 is 15.5 Å². The summed E-state index contributed by atoms with van der Waals surface area (Å²) in [4.78, 5) is 12.9. The normalized spacial score (nSPS) is 16.3. The second-order valence-electron chi connectivity index (χ2n) is 3.78. The van der Waals surface area contributed by atoms with Crippen molar-refractivity contribution in [2.75, 3.05) is 37.6 Å². The van der Waals surface area contributed by atoms with Crippen molar-refractivity contribution in [2.24, 2.45) is 10.7 Å². The van der Waals surface area contributed by atoms with Gasteiger partial charge in [-0.15, -0.1) is 41.9 Å². The largest absolute Gasteiger partial charge is 0.370 e. The molecule has 18 heavy (non-hydrogen) atoms. The van der Waals surface area contributed by atoms with Crippen molar-refractivity contribution in [3.8, 4) is 0 Å². The maximum atomic E-state index is 5.90. The maximum absolute atomic E-state index is 5.90. The molecule has 100 valence electrons. The van der Waals surface area contributed by atoms with Crippen molar-refractivity contribution in [1.29, 1.82) is 0 Å². The number of guanidine groups is 1. The molecule has 1 aromatic rings. The van der Waals surface area contributed by atoms with Crippen molar-refractivity contribution < 1.29 is 0 Å². The van der Waals surface area contributed by atoms with E-state index in [0.717, 1.165) is 31.3 Å². The summed E-state index contributed by atoms with van der Waals surface area (Å²) in [7, 11) is 0.